The largest absolute Gasteiger partial charge is 0.371 e. The molecule has 2 saturated heterocycles. The lowest BCUT2D eigenvalue weighted by atomic mass is 10.2. The van der Waals surface area contributed by atoms with E-state index in [1.54, 1.807) is 0 Å². The summed E-state index contributed by atoms with van der Waals surface area (Å²) in [4.78, 5) is 11.9. The molecule has 3 heterocycles. The first-order valence-electron chi connectivity index (χ1n) is 8.35. The van der Waals surface area contributed by atoms with Crippen LogP contribution in [0.2, 0.25) is 0 Å². The lowest BCUT2D eigenvalue weighted by molar-refractivity contribution is 0.0302. The van der Waals surface area contributed by atoms with Gasteiger partial charge in [-0.25, -0.2) is 9.97 Å². The van der Waals surface area contributed by atoms with E-state index in [-0.39, 0.29) is 0 Å². The summed E-state index contributed by atoms with van der Waals surface area (Å²) in [5, 5.41) is 3.43. The summed E-state index contributed by atoms with van der Waals surface area (Å²) >= 11 is 0. The summed E-state index contributed by atoms with van der Waals surface area (Å²) in [6.45, 7) is 5.10. The summed E-state index contributed by atoms with van der Waals surface area (Å²) in [6.07, 6.45) is 6.78. The Kier molecular flexibility index (Phi) is 3.45. The fourth-order valence-electron chi connectivity index (χ4n) is 3.28. The molecule has 21 heavy (non-hydrogen) atoms. The van der Waals surface area contributed by atoms with Crippen molar-refractivity contribution in [2.24, 2.45) is 0 Å². The molecule has 0 radical (unpaired) electrons. The predicted molar refractivity (Wildman–Crippen MR) is 82.9 cm³/mol. The number of nitrogens with one attached hydrogen (secondary N) is 1. The van der Waals surface area contributed by atoms with Gasteiger partial charge in [-0.2, -0.15) is 0 Å². The topological polar surface area (TPSA) is 50.3 Å². The van der Waals surface area contributed by atoms with Crippen LogP contribution in [0.4, 0.5) is 11.6 Å². The monoisotopic (exact) mass is 288 g/mol. The second kappa shape index (κ2) is 5.44. The normalized spacial score (nSPS) is 28.0. The molecule has 2 atom stereocenters. The average molecular weight is 288 g/mol. The number of rotatable bonds is 5. The number of nitrogens with zero attached hydrogens (tertiary/aromatic N) is 3. The first kappa shape index (κ1) is 13.3. The average Bonchev–Trinajstić information content (AvgIpc) is 3.30. The Labute approximate surface area is 126 Å². The highest BCUT2D eigenvalue weighted by atomic mass is 16.5. The summed E-state index contributed by atoms with van der Waals surface area (Å²) in [5.41, 5.74) is 0. The lowest BCUT2D eigenvalue weighted by Crippen LogP contribution is -2.43. The number of ether oxygens (including phenoxy) is 1. The Hall–Kier alpha value is -1.36. The van der Waals surface area contributed by atoms with Gasteiger partial charge in [-0.15, -0.1) is 0 Å². The summed E-state index contributed by atoms with van der Waals surface area (Å²) < 4.78 is 5.93. The molecular formula is C16H24N4O. The van der Waals surface area contributed by atoms with Crippen LogP contribution in [0, 0.1) is 0 Å². The Morgan fingerprint density at radius 2 is 1.95 bits per heavy atom. The Bertz CT molecular complexity index is 505. The van der Waals surface area contributed by atoms with Crippen molar-refractivity contribution in [2.75, 3.05) is 29.9 Å². The van der Waals surface area contributed by atoms with Gasteiger partial charge in [0.05, 0.1) is 12.2 Å². The Balaban J connectivity index is 1.59. The van der Waals surface area contributed by atoms with Crippen molar-refractivity contribution >= 4 is 11.6 Å². The van der Waals surface area contributed by atoms with Gasteiger partial charge in [-0.1, -0.05) is 6.92 Å². The number of fused-ring (bicyclic) bond motifs is 2. The van der Waals surface area contributed by atoms with Crippen LogP contribution in [0.15, 0.2) is 6.07 Å². The molecule has 114 valence electrons. The maximum Gasteiger partial charge on any atom is 0.136 e. The van der Waals surface area contributed by atoms with Crippen LogP contribution in [0.25, 0.3) is 0 Å². The van der Waals surface area contributed by atoms with Crippen molar-refractivity contribution < 1.29 is 4.74 Å². The molecule has 0 spiro atoms. The zero-order valence-electron chi connectivity index (χ0n) is 12.7. The zero-order valence-corrected chi connectivity index (χ0v) is 12.7. The molecule has 0 amide bonds. The SMILES string of the molecule is CCCNc1cc(N2CC3CCC(C2)O3)nc(C2CC2)n1. The van der Waals surface area contributed by atoms with Crippen molar-refractivity contribution in [2.45, 2.75) is 57.2 Å². The number of aromatic nitrogens is 2. The third kappa shape index (κ3) is 2.84. The molecule has 2 aliphatic heterocycles. The summed E-state index contributed by atoms with van der Waals surface area (Å²) in [7, 11) is 0. The van der Waals surface area contributed by atoms with Crippen LogP contribution in [0.5, 0.6) is 0 Å². The maximum atomic E-state index is 5.93. The fraction of sp³-hybridized carbons (Fsp3) is 0.750. The van der Waals surface area contributed by atoms with E-state index in [1.165, 1.54) is 25.7 Å². The molecule has 1 aliphatic carbocycles. The van der Waals surface area contributed by atoms with Gasteiger partial charge >= 0.3 is 0 Å². The molecule has 5 nitrogen and oxygen atoms in total. The standard InChI is InChI=1S/C16H24N4O/c1-2-7-17-14-8-15(19-16(18-14)11-3-4-11)20-9-12-5-6-13(10-20)21-12/h8,11-13H,2-7,9-10H2,1H3,(H,17,18,19). The number of hydrogen-bond donors (Lipinski definition) is 1. The third-order valence-corrected chi connectivity index (χ3v) is 4.60. The quantitative estimate of drug-likeness (QED) is 0.902. The van der Waals surface area contributed by atoms with Gasteiger partial charge in [0, 0.05) is 31.6 Å². The fourth-order valence-corrected chi connectivity index (χ4v) is 3.28. The molecule has 4 rings (SSSR count). The molecule has 1 aromatic heterocycles. The minimum absolute atomic E-state index is 0.398. The second-order valence-corrected chi connectivity index (χ2v) is 6.53. The Morgan fingerprint density at radius 1 is 1.19 bits per heavy atom. The molecule has 3 aliphatic rings. The predicted octanol–water partition coefficient (Wildman–Crippen LogP) is 2.54. The van der Waals surface area contributed by atoms with Crippen molar-refractivity contribution in [1.82, 2.24) is 9.97 Å². The van der Waals surface area contributed by atoms with Gasteiger partial charge in [0.1, 0.15) is 17.5 Å². The maximum absolute atomic E-state index is 5.93. The Morgan fingerprint density at radius 3 is 2.62 bits per heavy atom. The van der Waals surface area contributed by atoms with Crippen molar-refractivity contribution in [3.63, 3.8) is 0 Å². The van der Waals surface area contributed by atoms with E-state index in [1.807, 2.05) is 0 Å². The minimum Gasteiger partial charge on any atom is -0.371 e. The molecule has 2 bridgehead atoms. The molecule has 1 N–H and O–H groups in total. The summed E-state index contributed by atoms with van der Waals surface area (Å²) in [5.74, 6) is 3.70. The van der Waals surface area contributed by atoms with Gasteiger partial charge in [0.2, 0.25) is 0 Å². The van der Waals surface area contributed by atoms with E-state index in [4.69, 9.17) is 14.7 Å². The second-order valence-electron chi connectivity index (χ2n) is 6.53. The first-order valence-corrected chi connectivity index (χ1v) is 8.35. The third-order valence-electron chi connectivity index (χ3n) is 4.60. The van der Waals surface area contributed by atoms with Crippen LogP contribution in [-0.4, -0.2) is 41.8 Å². The van der Waals surface area contributed by atoms with Crippen molar-refractivity contribution in [1.29, 1.82) is 0 Å². The van der Waals surface area contributed by atoms with E-state index < -0.39 is 0 Å². The highest BCUT2D eigenvalue weighted by Crippen LogP contribution is 2.39. The van der Waals surface area contributed by atoms with Gasteiger partial charge in [0.25, 0.3) is 0 Å². The van der Waals surface area contributed by atoms with Gasteiger partial charge in [0.15, 0.2) is 0 Å². The zero-order chi connectivity index (χ0) is 14.2. The smallest absolute Gasteiger partial charge is 0.136 e. The first-order chi connectivity index (χ1) is 10.3. The van der Waals surface area contributed by atoms with Crippen molar-refractivity contribution in [3.05, 3.63) is 11.9 Å². The van der Waals surface area contributed by atoms with E-state index in [0.29, 0.717) is 18.1 Å². The molecular weight excluding hydrogens is 264 g/mol. The van der Waals surface area contributed by atoms with Gasteiger partial charge in [-0.3, -0.25) is 0 Å². The minimum atomic E-state index is 0.398. The van der Waals surface area contributed by atoms with E-state index in [0.717, 1.165) is 43.5 Å². The molecule has 1 aromatic rings. The van der Waals surface area contributed by atoms with Crippen LogP contribution in [-0.2, 0) is 4.74 Å². The number of morpholine rings is 1. The van der Waals surface area contributed by atoms with Gasteiger partial charge < -0.3 is 15.0 Å². The number of hydrogen-bond acceptors (Lipinski definition) is 5. The van der Waals surface area contributed by atoms with E-state index in [9.17, 15) is 0 Å². The van der Waals surface area contributed by atoms with Gasteiger partial charge in [-0.05, 0) is 32.1 Å². The van der Waals surface area contributed by atoms with Crippen LogP contribution < -0.4 is 10.2 Å². The molecule has 2 unspecified atom stereocenters. The molecule has 1 saturated carbocycles. The number of anilines is 2. The highest BCUT2D eigenvalue weighted by molar-refractivity contribution is 5.50. The molecule has 3 fully saturated rings. The van der Waals surface area contributed by atoms with Crippen LogP contribution >= 0.6 is 0 Å². The lowest BCUT2D eigenvalue weighted by Gasteiger charge is -2.33. The van der Waals surface area contributed by atoms with E-state index >= 15 is 0 Å². The highest BCUT2D eigenvalue weighted by Gasteiger charge is 2.35. The van der Waals surface area contributed by atoms with Crippen LogP contribution in [0.1, 0.15) is 50.8 Å². The van der Waals surface area contributed by atoms with Crippen molar-refractivity contribution in [3.8, 4) is 0 Å². The van der Waals surface area contributed by atoms with E-state index in [2.05, 4.69) is 23.2 Å². The summed E-state index contributed by atoms with van der Waals surface area (Å²) in [6, 6.07) is 2.12. The molecule has 5 heteroatoms. The van der Waals surface area contributed by atoms with Crippen LogP contribution in [0.3, 0.4) is 0 Å². The molecule has 0 aromatic carbocycles.